The van der Waals surface area contributed by atoms with Crippen LogP contribution in [0.4, 0.5) is 0 Å². The molecule has 0 bridgehead atoms. The van der Waals surface area contributed by atoms with Crippen LogP contribution in [-0.4, -0.2) is 27.3 Å². The van der Waals surface area contributed by atoms with Gasteiger partial charge >= 0.3 is 0 Å². The number of hydrogen-bond donors (Lipinski definition) is 2. The number of rotatable bonds is 2. The second-order valence-corrected chi connectivity index (χ2v) is 5.40. The zero-order valence-electron chi connectivity index (χ0n) is 8.65. The third kappa shape index (κ3) is 2.89. The molecular formula is C12H16O2S. The minimum atomic E-state index is -0.526. The van der Waals surface area contributed by atoms with Crippen molar-refractivity contribution in [3.05, 3.63) is 29.8 Å². The Kier molecular flexibility index (Phi) is 3.22. The summed E-state index contributed by atoms with van der Waals surface area (Å²) >= 11 is 1.91. The Morgan fingerprint density at radius 1 is 1.13 bits per heavy atom. The number of phenolic OH excluding ortho intramolecular Hbond substituents is 1. The van der Waals surface area contributed by atoms with Crippen molar-refractivity contribution in [2.45, 2.75) is 24.9 Å². The fourth-order valence-electron chi connectivity index (χ4n) is 1.92. The fraction of sp³-hybridized carbons (Fsp3) is 0.500. The summed E-state index contributed by atoms with van der Waals surface area (Å²) in [5.74, 6) is 2.38. The lowest BCUT2D eigenvalue weighted by Crippen LogP contribution is -2.35. The molecule has 0 unspecified atom stereocenters. The minimum Gasteiger partial charge on any atom is -0.508 e. The standard InChI is InChI=1S/C12H16O2S/c13-11-3-1-10(2-4-11)9-12(14)5-7-15-8-6-12/h1-4,13-14H,5-9H2. The first-order valence-corrected chi connectivity index (χ1v) is 6.41. The Bertz CT molecular complexity index is 315. The van der Waals surface area contributed by atoms with Gasteiger partial charge in [0.05, 0.1) is 5.60 Å². The first-order valence-electron chi connectivity index (χ1n) is 5.26. The van der Waals surface area contributed by atoms with Crippen LogP contribution >= 0.6 is 11.8 Å². The number of aromatic hydroxyl groups is 1. The van der Waals surface area contributed by atoms with Gasteiger partial charge in [0.1, 0.15) is 5.75 Å². The third-order valence-corrected chi connectivity index (χ3v) is 3.88. The second-order valence-electron chi connectivity index (χ2n) is 4.18. The SMILES string of the molecule is Oc1ccc(CC2(O)CCSCC2)cc1. The van der Waals surface area contributed by atoms with Crippen molar-refractivity contribution < 1.29 is 10.2 Å². The number of aliphatic hydroxyl groups is 1. The first kappa shape index (κ1) is 10.8. The normalized spacial score (nSPS) is 20.1. The van der Waals surface area contributed by atoms with E-state index in [0.717, 1.165) is 29.9 Å². The zero-order valence-corrected chi connectivity index (χ0v) is 9.46. The van der Waals surface area contributed by atoms with E-state index in [-0.39, 0.29) is 5.75 Å². The van der Waals surface area contributed by atoms with Crippen LogP contribution in [0.5, 0.6) is 5.75 Å². The highest BCUT2D eigenvalue weighted by Crippen LogP contribution is 2.30. The van der Waals surface area contributed by atoms with E-state index in [2.05, 4.69) is 0 Å². The topological polar surface area (TPSA) is 40.5 Å². The van der Waals surface area contributed by atoms with Crippen molar-refractivity contribution in [2.75, 3.05) is 11.5 Å². The summed E-state index contributed by atoms with van der Waals surface area (Å²) in [6.45, 7) is 0. The second kappa shape index (κ2) is 4.45. The molecule has 15 heavy (non-hydrogen) atoms. The predicted molar refractivity (Wildman–Crippen MR) is 63.3 cm³/mol. The summed E-state index contributed by atoms with van der Waals surface area (Å²) in [6.07, 6.45) is 2.45. The number of phenols is 1. The number of benzene rings is 1. The fourth-order valence-corrected chi connectivity index (χ4v) is 3.17. The van der Waals surface area contributed by atoms with Gasteiger partial charge in [0.25, 0.3) is 0 Å². The van der Waals surface area contributed by atoms with Crippen LogP contribution < -0.4 is 0 Å². The van der Waals surface area contributed by atoms with E-state index in [0.29, 0.717) is 6.42 Å². The van der Waals surface area contributed by atoms with Crippen molar-refractivity contribution in [2.24, 2.45) is 0 Å². The van der Waals surface area contributed by atoms with Crippen LogP contribution in [0.3, 0.4) is 0 Å². The molecule has 0 amide bonds. The van der Waals surface area contributed by atoms with Gasteiger partial charge in [0.2, 0.25) is 0 Å². The van der Waals surface area contributed by atoms with Crippen LogP contribution in [-0.2, 0) is 6.42 Å². The Morgan fingerprint density at radius 2 is 1.73 bits per heavy atom. The van der Waals surface area contributed by atoms with Gasteiger partial charge in [-0.15, -0.1) is 0 Å². The van der Waals surface area contributed by atoms with E-state index in [1.165, 1.54) is 0 Å². The molecule has 1 aromatic carbocycles. The average molecular weight is 224 g/mol. The highest BCUT2D eigenvalue weighted by atomic mass is 32.2. The van der Waals surface area contributed by atoms with E-state index in [9.17, 15) is 5.11 Å². The van der Waals surface area contributed by atoms with Crippen molar-refractivity contribution in [1.29, 1.82) is 0 Å². The average Bonchev–Trinajstić information content (AvgIpc) is 2.22. The van der Waals surface area contributed by atoms with Crippen molar-refractivity contribution >= 4 is 11.8 Å². The van der Waals surface area contributed by atoms with Gasteiger partial charge in [-0.05, 0) is 42.0 Å². The lowest BCUT2D eigenvalue weighted by molar-refractivity contribution is 0.0323. The van der Waals surface area contributed by atoms with Gasteiger partial charge in [-0.2, -0.15) is 11.8 Å². The largest absolute Gasteiger partial charge is 0.508 e. The van der Waals surface area contributed by atoms with Gasteiger partial charge in [-0.1, -0.05) is 12.1 Å². The van der Waals surface area contributed by atoms with E-state index in [4.69, 9.17) is 5.11 Å². The van der Waals surface area contributed by atoms with Gasteiger partial charge in [0, 0.05) is 6.42 Å². The molecule has 0 radical (unpaired) electrons. The molecule has 0 atom stereocenters. The maximum atomic E-state index is 10.3. The highest BCUT2D eigenvalue weighted by molar-refractivity contribution is 7.99. The summed E-state index contributed by atoms with van der Waals surface area (Å²) in [5.41, 5.74) is 0.574. The number of thioether (sulfide) groups is 1. The molecule has 1 saturated heterocycles. The molecule has 0 saturated carbocycles. The van der Waals surface area contributed by atoms with Crippen molar-refractivity contribution in [3.63, 3.8) is 0 Å². The lowest BCUT2D eigenvalue weighted by atomic mass is 9.89. The Hall–Kier alpha value is -0.670. The smallest absolute Gasteiger partial charge is 0.115 e. The molecule has 1 fully saturated rings. The summed E-state index contributed by atoms with van der Waals surface area (Å²) in [7, 11) is 0. The highest BCUT2D eigenvalue weighted by Gasteiger charge is 2.29. The molecule has 3 heteroatoms. The maximum Gasteiger partial charge on any atom is 0.115 e. The Balaban J connectivity index is 2.03. The Morgan fingerprint density at radius 3 is 2.33 bits per heavy atom. The molecular weight excluding hydrogens is 208 g/mol. The molecule has 0 spiro atoms. The van der Waals surface area contributed by atoms with Crippen molar-refractivity contribution in [1.82, 2.24) is 0 Å². The summed E-state index contributed by atoms with van der Waals surface area (Å²) < 4.78 is 0. The molecule has 82 valence electrons. The molecule has 1 heterocycles. The van der Waals surface area contributed by atoms with Crippen LogP contribution in [0.2, 0.25) is 0 Å². The van der Waals surface area contributed by atoms with Crippen LogP contribution in [0.1, 0.15) is 18.4 Å². The zero-order chi connectivity index (χ0) is 10.7. The predicted octanol–water partition coefficient (Wildman–Crippen LogP) is 2.19. The lowest BCUT2D eigenvalue weighted by Gasteiger charge is -2.31. The van der Waals surface area contributed by atoms with E-state index in [1.807, 2.05) is 23.9 Å². The minimum absolute atomic E-state index is 0.282. The Labute approximate surface area is 94.3 Å². The monoisotopic (exact) mass is 224 g/mol. The van der Waals surface area contributed by atoms with Crippen LogP contribution in [0.25, 0.3) is 0 Å². The van der Waals surface area contributed by atoms with E-state index in [1.54, 1.807) is 12.1 Å². The van der Waals surface area contributed by atoms with Crippen LogP contribution in [0, 0.1) is 0 Å². The molecule has 1 aliphatic rings. The van der Waals surface area contributed by atoms with Crippen molar-refractivity contribution in [3.8, 4) is 5.75 Å². The molecule has 1 aromatic rings. The molecule has 2 rings (SSSR count). The summed E-state index contributed by atoms with van der Waals surface area (Å²) in [5, 5.41) is 19.5. The first-order chi connectivity index (χ1) is 7.18. The quantitative estimate of drug-likeness (QED) is 0.809. The molecule has 2 N–H and O–H groups in total. The van der Waals surface area contributed by atoms with E-state index < -0.39 is 5.60 Å². The molecule has 0 aliphatic carbocycles. The van der Waals surface area contributed by atoms with Gasteiger partial charge in [0.15, 0.2) is 0 Å². The van der Waals surface area contributed by atoms with Gasteiger partial charge in [-0.3, -0.25) is 0 Å². The summed E-state index contributed by atoms with van der Waals surface area (Å²) in [4.78, 5) is 0. The third-order valence-electron chi connectivity index (χ3n) is 2.89. The van der Waals surface area contributed by atoms with Gasteiger partial charge < -0.3 is 10.2 Å². The van der Waals surface area contributed by atoms with Crippen LogP contribution in [0.15, 0.2) is 24.3 Å². The molecule has 0 aromatic heterocycles. The number of hydrogen-bond acceptors (Lipinski definition) is 3. The van der Waals surface area contributed by atoms with Gasteiger partial charge in [-0.25, -0.2) is 0 Å². The summed E-state index contributed by atoms with van der Waals surface area (Å²) in [6, 6.07) is 7.12. The molecule has 2 nitrogen and oxygen atoms in total. The maximum absolute atomic E-state index is 10.3. The molecule has 1 aliphatic heterocycles. The van der Waals surface area contributed by atoms with E-state index >= 15 is 0 Å².